The van der Waals surface area contributed by atoms with Gasteiger partial charge in [-0.3, -0.25) is 0 Å². The molecule has 19 heavy (non-hydrogen) atoms. The van der Waals surface area contributed by atoms with Crippen LogP contribution in [0.15, 0.2) is 22.7 Å². The third-order valence-electron chi connectivity index (χ3n) is 5.85. The van der Waals surface area contributed by atoms with E-state index in [2.05, 4.69) is 54.9 Å². The van der Waals surface area contributed by atoms with Gasteiger partial charge >= 0.3 is 0 Å². The van der Waals surface area contributed by atoms with E-state index in [1.807, 2.05) is 0 Å². The predicted molar refractivity (Wildman–Crippen MR) is 85.7 cm³/mol. The first kappa shape index (κ1) is 13.7. The number of halogens is 1. The lowest BCUT2D eigenvalue weighted by molar-refractivity contribution is 0.163. The molecule has 0 heterocycles. The Balaban J connectivity index is 1.98. The summed E-state index contributed by atoms with van der Waals surface area (Å²) in [5.41, 5.74) is 3.66. The molecule has 1 heteroatoms. The average Bonchev–Trinajstić information content (AvgIpc) is 2.98. The zero-order valence-electron chi connectivity index (χ0n) is 12.4. The van der Waals surface area contributed by atoms with E-state index in [1.165, 1.54) is 36.6 Å². The third-order valence-corrected chi connectivity index (χ3v) is 6.54. The van der Waals surface area contributed by atoms with Crippen LogP contribution >= 0.6 is 15.9 Å². The second kappa shape index (κ2) is 4.91. The Morgan fingerprint density at radius 3 is 2.53 bits per heavy atom. The lowest BCUT2D eigenvalue weighted by atomic mass is 9.66. The van der Waals surface area contributed by atoms with E-state index in [9.17, 15) is 0 Å². The highest BCUT2D eigenvalue weighted by molar-refractivity contribution is 9.10. The normalized spacial score (nSPS) is 27.8. The van der Waals surface area contributed by atoms with Gasteiger partial charge in [-0.05, 0) is 59.6 Å². The molecule has 1 aromatic rings. The van der Waals surface area contributed by atoms with Gasteiger partial charge in [-0.15, -0.1) is 0 Å². The monoisotopic (exact) mass is 320 g/mol. The minimum Gasteiger partial charge on any atom is -0.0608 e. The maximum Gasteiger partial charge on any atom is 0.0212 e. The van der Waals surface area contributed by atoms with Crippen molar-refractivity contribution in [3.05, 3.63) is 33.8 Å². The van der Waals surface area contributed by atoms with Crippen molar-refractivity contribution in [2.24, 2.45) is 11.3 Å². The van der Waals surface area contributed by atoms with E-state index >= 15 is 0 Å². The Morgan fingerprint density at radius 2 is 1.84 bits per heavy atom. The van der Waals surface area contributed by atoms with Gasteiger partial charge in [-0.2, -0.15) is 0 Å². The highest BCUT2D eigenvalue weighted by Gasteiger charge is 2.44. The molecule has 0 nitrogen and oxygen atoms in total. The summed E-state index contributed by atoms with van der Waals surface area (Å²) < 4.78 is 1.32. The second-order valence-corrected chi connectivity index (χ2v) is 8.09. The average molecular weight is 321 g/mol. The zero-order chi connectivity index (χ0) is 13.6. The van der Waals surface area contributed by atoms with Crippen LogP contribution in [0, 0.1) is 11.3 Å². The summed E-state index contributed by atoms with van der Waals surface area (Å²) in [4.78, 5) is 0. The molecular weight excluding hydrogens is 296 g/mol. The lowest BCUT2D eigenvalue weighted by Gasteiger charge is -2.38. The van der Waals surface area contributed by atoms with Crippen LogP contribution in [0.3, 0.4) is 0 Å². The van der Waals surface area contributed by atoms with Crippen molar-refractivity contribution in [2.45, 2.75) is 64.7 Å². The molecule has 104 valence electrons. The lowest BCUT2D eigenvalue weighted by Crippen LogP contribution is -2.28. The van der Waals surface area contributed by atoms with Gasteiger partial charge in [0, 0.05) is 4.47 Å². The van der Waals surface area contributed by atoms with Crippen LogP contribution in [0.2, 0.25) is 0 Å². The Labute approximate surface area is 126 Å². The van der Waals surface area contributed by atoms with Gasteiger partial charge in [0.1, 0.15) is 0 Å². The van der Waals surface area contributed by atoms with E-state index in [4.69, 9.17) is 0 Å². The molecule has 0 N–H and O–H groups in total. The summed E-state index contributed by atoms with van der Waals surface area (Å²) >= 11 is 3.77. The van der Waals surface area contributed by atoms with Crippen molar-refractivity contribution in [2.75, 3.05) is 0 Å². The smallest absolute Gasteiger partial charge is 0.0212 e. The van der Waals surface area contributed by atoms with E-state index in [0.29, 0.717) is 11.3 Å². The minimum atomic E-state index is 0.455. The first-order valence-corrected chi connectivity index (χ1v) is 8.59. The van der Waals surface area contributed by atoms with E-state index < -0.39 is 0 Å². The Morgan fingerprint density at radius 1 is 1.16 bits per heavy atom. The number of rotatable bonds is 2. The fourth-order valence-corrected chi connectivity index (χ4v) is 5.41. The second-order valence-electron chi connectivity index (χ2n) is 7.23. The molecule has 0 spiro atoms. The predicted octanol–water partition coefficient (Wildman–Crippen LogP) is 6.26. The van der Waals surface area contributed by atoms with Crippen LogP contribution in [-0.2, 0) is 0 Å². The van der Waals surface area contributed by atoms with Gasteiger partial charge < -0.3 is 0 Å². The van der Waals surface area contributed by atoms with Gasteiger partial charge in [-0.25, -0.2) is 0 Å². The number of fused-ring (bicyclic) bond motifs is 1. The molecule has 0 saturated heterocycles. The molecule has 1 saturated carbocycles. The van der Waals surface area contributed by atoms with Crippen molar-refractivity contribution in [3.8, 4) is 0 Å². The van der Waals surface area contributed by atoms with E-state index in [0.717, 1.165) is 11.8 Å². The quantitative estimate of drug-likeness (QED) is 0.603. The summed E-state index contributed by atoms with van der Waals surface area (Å²) in [6, 6.07) is 6.81. The van der Waals surface area contributed by atoms with Crippen LogP contribution in [0.1, 0.15) is 75.8 Å². The van der Waals surface area contributed by atoms with E-state index in [-0.39, 0.29) is 0 Å². The SMILES string of the molecule is CC1CC(C(C)(C)C2CCCC2)c2cccc(Br)c21. The standard InChI is InChI=1S/C18H25Br/c1-12-11-15(14-9-6-10-16(19)17(12)14)18(2,3)13-7-4-5-8-13/h6,9-10,12-13,15H,4-5,7-8,11H2,1-3H3. The molecule has 0 bridgehead atoms. The van der Waals surface area contributed by atoms with Gasteiger partial charge in [0.25, 0.3) is 0 Å². The molecule has 0 radical (unpaired) electrons. The van der Waals surface area contributed by atoms with Gasteiger partial charge in [0.05, 0.1) is 0 Å². The maximum absolute atomic E-state index is 3.77. The topological polar surface area (TPSA) is 0 Å². The summed E-state index contributed by atoms with van der Waals surface area (Å²) in [5, 5.41) is 0. The number of benzene rings is 1. The molecule has 0 aromatic heterocycles. The number of hydrogen-bond acceptors (Lipinski definition) is 0. The zero-order valence-corrected chi connectivity index (χ0v) is 14.0. The Hall–Kier alpha value is -0.300. The summed E-state index contributed by atoms with van der Waals surface area (Å²) in [6.07, 6.45) is 7.12. The molecule has 2 aliphatic rings. The first-order valence-electron chi connectivity index (χ1n) is 7.80. The van der Waals surface area contributed by atoms with Gasteiger partial charge in [-0.1, -0.05) is 61.7 Å². The van der Waals surface area contributed by atoms with E-state index in [1.54, 1.807) is 11.1 Å². The highest BCUT2D eigenvalue weighted by Crippen LogP contribution is 2.57. The maximum atomic E-state index is 3.77. The van der Waals surface area contributed by atoms with Crippen LogP contribution in [0.4, 0.5) is 0 Å². The molecule has 0 aliphatic heterocycles. The molecule has 1 fully saturated rings. The molecule has 2 unspecified atom stereocenters. The molecule has 0 amide bonds. The van der Waals surface area contributed by atoms with Crippen molar-refractivity contribution in [3.63, 3.8) is 0 Å². The molecule has 2 aliphatic carbocycles. The fourth-order valence-electron chi connectivity index (χ4n) is 4.63. The summed E-state index contributed by atoms with van der Waals surface area (Å²) in [5.74, 6) is 2.38. The number of hydrogen-bond donors (Lipinski definition) is 0. The van der Waals surface area contributed by atoms with Crippen molar-refractivity contribution in [1.29, 1.82) is 0 Å². The van der Waals surface area contributed by atoms with Gasteiger partial charge in [0.15, 0.2) is 0 Å². The van der Waals surface area contributed by atoms with Crippen LogP contribution in [-0.4, -0.2) is 0 Å². The largest absolute Gasteiger partial charge is 0.0608 e. The van der Waals surface area contributed by atoms with Crippen LogP contribution in [0.25, 0.3) is 0 Å². The fraction of sp³-hybridized carbons (Fsp3) is 0.667. The Kier molecular flexibility index (Phi) is 3.53. The third kappa shape index (κ3) is 2.18. The van der Waals surface area contributed by atoms with Crippen molar-refractivity contribution >= 4 is 15.9 Å². The molecule has 2 atom stereocenters. The van der Waals surface area contributed by atoms with Crippen molar-refractivity contribution in [1.82, 2.24) is 0 Å². The first-order chi connectivity index (χ1) is 9.01. The summed E-state index contributed by atoms with van der Waals surface area (Å²) in [7, 11) is 0. The van der Waals surface area contributed by atoms with Crippen LogP contribution in [0.5, 0.6) is 0 Å². The molecule has 3 rings (SSSR count). The van der Waals surface area contributed by atoms with Crippen molar-refractivity contribution < 1.29 is 0 Å². The van der Waals surface area contributed by atoms with Gasteiger partial charge in [0.2, 0.25) is 0 Å². The molecule has 1 aromatic carbocycles. The molecular formula is C18H25Br. The Bertz CT molecular complexity index is 469. The van der Waals surface area contributed by atoms with Crippen LogP contribution < -0.4 is 0 Å². The summed E-state index contributed by atoms with van der Waals surface area (Å²) in [6.45, 7) is 7.45. The highest BCUT2D eigenvalue weighted by atomic mass is 79.9. The minimum absolute atomic E-state index is 0.455.